The molecule has 1 atom stereocenters. The number of carbonyl (C=O) groups excluding carboxylic acids is 1. The van der Waals surface area contributed by atoms with E-state index in [1.54, 1.807) is 18.2 Å². The standard InChI is InChI=1S/C19H29N3O6/c1-4-22(11-18(24)25)14-7-13(8-14)21-19(26)20-10-17(23)12-5-15(27-2)9-16(6-12)28-3/h5-6,9,13-14,17,23H,4,7-8,10-11H2,1-3H3,(H,24,25)(H2,20,21,26). The van der Waals surface area contributed by atoms with Crippen molar-refractivity contribution in [2.45, 2.75) is 38.0 Å². The Morgan fingerprint density at radius 3 is 2.32 bits per heavy atom. The van der Waals surface area contributed by atoms with Crippen LogP contribution in [-0.4, -0.2) is 73.1 Å². The maximum Gasteiger partial charge on any atom is 0.317 e. The molecule has 156 valence electrons. The number of likely N-dealkylation sites (N-methyl/N-ethyl adjacent to an activating group) is 1. The predicted molar refractivity (Wildman–Crippen MR) is 103 cm³/mol. The summed E-state index contributed by atoms with van der Waals surface area (Å²) in [6.45, 7) is 2.63. The molecule has 1 unspecified atom stereocenters. The summed E-state index contributed by atoms with van der Waals surface area (Å²) < 4.78 is 10.4. The van der Waals surface area contributed by atoms with Gasteiger partial charge in [-0.1, -0.05) is 6.92 Å². The van der Waals surface area contributed by atoms with Gasteiger partial charge < -0.3 is 30.3 Å². The molecule has 1 aliphatic carbocycles. The van der Waals surface area contributed by atoms with E-state index in [1.165, 1.54) is 14.2 Å². The van der Waals surface area contributed by atoms with Crippen LogP contribution >= 0.6 is 0 Å². The third kappa shape index (κ3) is 6.00. The summed E-state index contributed by atoms with van der Waals surface area (Å²) in [5.74, 6) is 0.263. The first-order valence-electron chi connectivity index (χ1n) is 9.27. The van der Waals surface area contributed by atoms with Crippen LogP contribution in [0.5, 0.6) is 11.5 Å². The molecule has 9 heteroatoms. The van der Waals surface area contributed by atoms with Crippen LogP contribution in [-0.2, 0) is 4.79 Å². The van der Waals surface area contributed by atoms with Crippen molar-refractivity contribution in [2.75, 3.05) is 33.9 Å². The zero-order chi connectivity index (χ0) is 20.7. The highest BCUT2D eigenvalue weighted by atomic mass is 16.5. The molecule has 0 heterocycles. The van der Waals surface area contributed by atoms with Gasteiger partial charge in [-0.2, -0.15) is 0 Å². The van der Waals surface area contributed by atoms with Gasteiger partial charge in [0.1, 0.15) is 11.5 Å². The molecule has 1 saturated carbocycles. The number of aliphatic hydroxyl groups is 1. The minimum atomic E-state index is -0.907. The number of urea groups is 1. The van der Waals surface area contributed by atoms with Crippen LogP contribution in [0, 0.1) is 0 Å². The number of hydrogen-bond acceptors (Lipinski definition) is 6. The molecule has 1 aliphatic rings. The van der Waals surface area contributed by atoms with E-state index in [0.29, 0.717) is 36.4 Å². The molecule has 1 aromatic rings. The summed E-state index contributed by atoms with van der Waals surface area (Å²) in [5, 5.41) is 24.7. The van der Waals surface area contributed by atoms with E-state index in [1.807, 2.05) is 11.8 Å². The molecule has 1 aromatic carbocycles. The molecule has 0 saturated heterocycles. The zero-order valence-corrected chi connectivity index (χ0v) is 16.5. The van der Waals surface area contributed by atoms with E-state index in [9.17, 15) is 14.7 Å². The van der Waals surface area contributed by atoms with Crippen molar-refractivity contribution < 1.29 is 29.3 Å². The maximum absolute atomic E-state index is 12.1. The number of carboxylic acid groups (broad SMARTS) is 1. The molecular weight excluding hydrogens is 366 g/mol. The highest BCUT2D eigenvalue weighted by molar-refractivity contribution is 5.74. The average Bonchev–Trinajstić information content (AvgIpc) is 2.66. The van der Waals surface area contributed by atoms with Gasteiger partial charge in [-0.25, -0.2) is 4.79 Å². The minimum Gasteiger partial charge on any atom is -0.497 e. The second-order valence-corrected chi connectivity index (χ2v) is 6.80. The summed E-state index contributed by atoms with van der Waals surface area (Å²) in [5.41, 5.74) is 0.576. The molecule has 2 amide bonds. The van der Waals surface area contributed by atoms with Gasteiger partial charge >= 0.3 is 12.0 Å². The van der Waals surface area contributed by atoms with Crippen molar-refractivity contribution in [3.63, 3.8) is 0 Å². The first kappa shape index (κ1) is 21.8. The lowest BCUT2D eigenvalue weighted by Gasteiger charge is -2.42. The molecule has 0 spiro atoms. The molecule has 0 aliphatic heterocycles. The Bertz CT molecular complexity index is 655. The van der Waals surface area contributed by atoms with E-state index >= 15 is 0 Å². The number of ether oxygens (including phenoxy) is 2. The summed E-state index contributed by atoms with van der Waals surface area (Å²) in [7, 11) is 3.05. The van der Waals surface area contributed by atoms with Gasteiger partial charge in [0.2, 0.25) is 0 Å². The molecule has 4 N–H and O–H groups in total. The lowest BCUT2D eigenvalue weighted by molar-refractivity contribution is -0.139. The quantitative estimate of drug-likeness (QED) is 0.466. The lowest BCUT2D eigenvalue weighted by atomic mass is 9.85. The zero-order valence-electron chi connectivity index (χ0n) is 16.5. The Morgan fingerprint density at radius 2 is 1.82 bits per heavy atom. The number of nitrogens with zero attached hydrogens (tertiary/aromatic N) is 1. The number of aliphatic carboxylic acids is 1. The first-order valence-corrected chi connectivity index (χ1v) is 9.27. The van der Waals surface area contributed by atoms with Crippen molar-refractivity contribution in [3.05, 3.63) is 23.8 Å². The lowest BCUT2D eigenvalue weighted by Crippen LogP contribution is -2.56. The largest absolute Gasteiger partial charge is 0.497 e. The average molecular weight is 395 g/mol. The van der Waals surface area contributed by atoms with Crippen LogP contribution < -0.4 is 20.1 Å². The highest BCUT2D eigenvalue weighted by Gasteiger charge is 2.34. The normalized spacial score (nSPS) is 19.5. The van der Waals surface area contributed by atoms with E-state index in [0.717, 1.165) is 0 Å². The predicted octanol–water partition coefficient (Wildman–Crippen LogP) is 0.974. The Balaban J connectivity index is 1.77. The number of carbonyl (C=O) groups is 2. The number of amides is 2. The summed E-state index contributed by atoms with van der Waals surface area (Å²) in [6, 6.07) is 4.88. The second-order valence-electron chi connectivity index (χ2n) is 6.80. The Morgan fingerprint density at radius 1 is 1.21 bits per heavy atom. The van der Waals surface area contributed by atoms with Gasteiger partial charge in [0.05, 0.1) is 26.9 Å². The topological polar surface area (TPSA) is 120 Å². The van der Waals surface area contributed by atoms with Crippen molar-refractivity contribution in [1.82, 2.24) is 15.5 Å². The Hall–Kier alpha value is -2.52. The number of hydrogen-bond donors (Lipinski definition) is 4. The van der Waals surface area contributed by atoms with Crippen LogP contribution in [0.15, 0.2) is 18.2 Å². The first-order chi connectivity index (χ1) is 13.4. The van der Waals surface area contributed by atoms with Crippen LogP contribution in [0.4, 0.5) is 4.79 Å². The Kier molecular flexibility index (Phi) is 7.89. The molecule has 0 bridgehead atoms. The fraction of sp³-hybridized carbons (Fsp3) is 0.579. The van der Waals surface area contributed by atoms with Gasteiger partial charge in [0.25, 0.3) is 0 Å². The van der Waals surface area contributed by atoms with E-state index in [4.69, 9.17) is 14.6 Å². The molecule has 0 aromatic heterocycles. The minimum absolute atomic E-state index is 0.00176. The van der Waals surface area contributed by atoms with Gasteiger partial charge in [-0.05, 0) is 37.1 Å². The number of carboxylic acids is 1. The van der Waals surface area contributed by atoms with E-state index in [2.05, 4.69) is 10.6 Å². The SMILES string of the molecule is CCN(CC(=O)O)C1CC(NC(=O)NCC(O)c2cc(OC)cc(OC)c2)C1. The van der Waals surface area contributed by atoms with E-state index < -0.39 is 12.1 Å². The monoisotopic (exact) mass is 395 g/mol. The summed E-state index contributed by atoms with van der Waals surface area (Å²) in [4.78, 5) is 24.8. The van der Waals surface area contributed by atoms with Crippen molar-refractivity contribution in [2.24, 2.45) is 0 Å². The number of methoxy groups -OCH3 is 2. The molecular formula is C19H29N3O6. The second kappa shape index (κ2) is 10.1. The molecule has 1 fully saturated rings. The molecule has 9 nitrogen and oxygen atoms in total. The maximum atomic E-state index is 12.1. The van der Waals surface area contributed by atoms with Crippen LogP contribution in [0.1, 0.15) is 31.4 Å². The van der Waals surface area contributed by atoms with Crippen LogP contribution in [0.25, 0.3) is 0 Å². The summed E-state index contributed by atoms with van der Waals surface area (Å²) >= 11 is 0. The number of nitrogens with one attached hydrogen (secondary N) is 2. The molecule has 28 heavy (non-hydrogen) atoms. The van der Waals surface area contributed by atoms with Crippen molar-refractivity contribution in [3.8, 4) is 11.5 Å². The Labute approximate surface area is 164 Å². The number of aliphatic hydroxyl groups excluding tert-OH is 1. The fourth-order valence-electron chi connectivity index (χ4n) is 3.24. The summed E-state index contributed by atoms with van der Waals surface area (Å²) in [6.07, 6.45) is 0.518. The third-order valence-corrected chi connectivity index (χ3v) is 4.92. The van der Waals surface area contributed by atoms with Gasteiger partial charge in [-0.15, -0.1) is 0 Å². The van der Waals surface area contributed by atoms with Gasteiger partial charge in [0.15, 0.2) is 0 Å². The third-order valence-electron chi connectivity index (χ3n) is 4.92. The number of benzene rings is 1. The van der Waals surface area contributed by atoms with Crippen molar-refractivity contribution >= 4 is 12.0 Å². The van der Waals surface area contributed by atoms with Gasteiger partial charge in [0, 0.05) is 24.7 Å². The molecule has 2 rings (SSSR count). The van der Waals surface area contributed by atoms with Gasteiger partial charge in [-0.3, -0.25) is 9.69 Å². The smallest absolute Gasteiger partial charge is 0.317 e. The number of rotatable bonds is 10. The van der Waals surface area contributed by atoms with Crippen LogP contribution in [0.2, 0.25) is 0 Å². The van der Waals surface area contributed by atoms with Crippen molar-refractivity contribution in [1.29, 1.82) is 0 Å². The highest BCUT2D eigenvalue weighted by Crippen LogP contribution is 2.27. The van der Waals surface area contributed by atoms with E-state index in [-0.39, 0.29) is 31.2 Å². The molecule has 0 radical (unpaired) electrons. The van der Waals surface area contributed by atoms with Crippen LogP contribution in [0.3, 0.4) is 0 Å². The fourth-order valence-corrected chi connectivity index (χ4v) is 3.24.